The Kier molecular flexibility index (Phi) is 5.53. The summed E-state index contributed by atoms with van der Waals surface area (Å²) in [6.45, 7) is 10.0. The van der Waals surface area contributed by atoms with Gasteiger partial charge in [-0.05, 0) is 29.0 Å². The Bertz CT molecular complexity index is 500. The zero-order valence-corrected chi connectivity index (χ0v) is 13.4. The highest BCUT2D eigenvalue weighted by molar-refractivity contribution is 5.96. The van der Waals surface area contributed by atoms with Crippen LogP contribution in [0.3, 0.4) is 0 Å². The summed E-state index contributed by atoms with van der Waals surface area (Å²) < 4.78 is 0. The Balaban J connectivity index is 2.86. The summed E-state index contributed by atoms with van der Waals surface area (Å²) in [6, 6.07) is 6.45. The van der Waals surface area contributed by atoms with Gasteiger partial charge in [0.2, 0.25) is 0 Å². The zero-order valence-electron chi connectivity index (χ0n) is 13.4. The fraction of sp³-hybridized carbons (Fsp3) is 0.529. The maximum absolute atomic E-state index is 12.2. The lowest BCUT2D eigenvalue weighted by Crippen LogP contribution is -2.45. The van der Waals surface area contributed by atoms with Crippen LogP contribution in [0.15, 0.2) is 24.3 Å². The molecule has 1 rings (SSSR count). The molecule has 4 nitrogen and oxygen atoms in total. The van der Waals surface area contributed by atoms with Gasteiger partial charge in [-0.2, -0.15) is 0 Å². The fourth-order valence-electron chi connectivity index (χ4n) is 2.03. The molecule has 1 aromatic rings. The van der Waals surface area contributed by atoms with Crippen molar-refractivity contribution < 1.29 is 14.7 Å². The minimum atomic E-state index is -0.996. The van der Waals surface area contributed by atoms with E-state index in [1.807, 2.05) is 26.0 Å². The number of carboxylic acid groups (broad SMARTS) is 1. The molecule has 21 heavy (non-hydrogen) atoms. The molecule has 0 radical (unpaired) electrons. The highest BCUT2D eigenvalue weighted by Gasteiger charge is 2.25. The van der Waals surface area contributed by atoms with E-state index in [1.165, 1.54) is 0 Å². The molecule has 0 aliphatic carbocycles. The summed E-state index contributed by atoms with van der Waals surface area (Å²) in [5, 5.41) is 11.8. The van der Waals surface area contributed by atoms with Crippen LogP contribution in [0.4, 0.5) is 0 Å². The van der Waals surface area contributed by atoms with Crippen molar-refractivity contribution in [3.8, 4) is 0 Å². The summed E-state index contributed by atoms with van der Waals surface area (Å²) in [4.78, 5) is 23.4. The third-order valence-electron chi connectivity index (χ3n) is 3.78. The number of carbonyl (C=O) groups is 2. The number of hydrogen-bond donors (Lipinski definition) is 2. The molecule has 1 amide bonds. The van der Waals surface area contributed by atoms with Crippen LogP contribution < -0.4 is 5.32 Å². The van der Waals surface area contributed by atoms with Gasteiger partial charge in [0.15, 0.2) is 0 Å². The van der Waals surface area contributed by atoms with E-state index in [2.05, 4.69) is 26.1 Å². The quantitative estimate of drug-likeness (QED) is 0.875. The van der Waals surface area contributed by atoms with Crippen LogP contribution >= 0.6 is 0 Å². The van der Waals surface area contributed by atoms with Crippen molar-refractivity contribution in [1.29, 1.82) is 0 Å². The molecule has 2 N–H and O–H groups in total. The van der Waals surface area contributed by atoms with E-state index in [1.54, 1.807) is 12.1 Å². The Morgan fingerprint density at radius 2 is 1.71 bits per heavy atom. The van der Waals surface area contributed by atoms with Crippen molar-refractivity contribution in [1.82, 2.24) is 5.32 Å². The van der Waals surface area contributed by atoms with Gasteiger partial charge in [0, 0.05) is 5.56 Å². The average molecular weight is 291 g/mol. The predicted octanol–water partition coefficient (Wildman–Crippen LogP) is 3.21. The lowest BCUT2D eigenvalue weighted by atomic mass is 9.86. The third-order valence-corrected chi connectivity index (χ3v) is 3.78. The van der Waals surface area contributed by atoms with Gasteiger partial charge in [-0.25, -0.2) is 4.79 Å². The molecule has 0 heterocycles. The van der Waals surface area contributed by atoms with Crippen molar-refractivity contribution in [2.45, 2.75) is 52.5 Å². The maximum Gasteiger partial charge on any atom is 0.326 e. The number of benzene rings is 1. The number of hydrogen-bond acceptors (Lipinski definition) is 2. The number of nitrogens with one attached hydrogen (secondary N) is 1. The van der Waals surface area contributed by atoms with E-state index >= 15 is 0 Å². The predicted molar refractivity (Wildman–Crippen MR) is 83.5 cm³/mol. The highest BCUT2D eigenvalue weighted by atomic mass is 16.4. The van der Waals surface area contributed by atoms with Gasteiger partial charge in [-0.3, -0.25) is 4.79 Å². The van der Waals surface area contributed by atoms with Gasteiger partial charge in [0.25, 0.3) is 5.91 Å². The van der Waals surface area contributed by atoms with Gasteiger partial charge >= 0.3 is 5.97 Å². The Hall–Kier alpha value is -1.84. The number of rotatable bonds is 5. The van der Waals surface area contributed by atoms with E-state index in [4.69, 9.17) is 0 Å². The van der Waals surface area contributed by atoms with Crippen molar-refractivity contribution in [3.05, 3.63) is 35.4 Å². The van der Waals surface area contributed by atoms with Crippen molar-refractivity contribution in [2.75, 3.05) is 0 Å². The lowest BCUT2D eigenvalue weighted by Gasteiger charge is -2.21. The number of carbonyl (C=O) groups excluding carboxylic acids is 1. The molecule has 116 valence electrons. The van der Waals surface area contributed by atoms with E-state index < -0.39 is 12.0 Å². The van der Waals surface area contributed by atoms with E-state index in [0.29, 0.717) is 12.0 Å². The second kappa shape index (κ2) is 6.74. The molecule has 0 spiro atoms. The molecule has 0 saturated carbocycles. The van der Waals surface area contributed by atoms with Crippen LogP contribution in [0.5, 0.6) is 0 Å². The third kappa shape index (κ3) is 4.59. The van der Waals surface area contributed by atoms with Crippen LogP contribution in [-0.4, -0.2) is 23.0 Å². The van der Waals surface area contributed by atoms with Crippen molar-refractivity contribution in [2.24, 2.45) is 5.92 Å². The minimum Gasteiger partial charge on any atom is -0.480 e. The minimum absolute atomic E-state index is 0.0231. The number of aliphatic carboxylic acids is 1. The molecule has 0 aliphatic rings. The number of carboxylic acids is 1. The van der Waals surface area contributed by atoms with Crippen molar-refractivity contribution in [3.63, 3.8) is 0 Å². The Morgan fingerprint density at radius 1 is 1.19 bits per heavy atom. The number of amides is 1. The molecule has 0 bridgehead atoms. The topological polar surface area (TPSA) is 66.4 Å². The van der Waals surface area contributed by atoms with Gasteiger partial charge in [-0.15, -0.1) is 0 Å². The van der Waals surface area contributed by atoms with E-state index in [9.17, 15) is 14.7 Å². The monoisotopic (exact) mass is 291 g/mol. The van der Waals surface area contributed by atoms with Crippen LogP contribution in [0.2, 0.25) is 0 Å². The smallest absolute Gasteiger partial charge is 0.326 e. The molecular formula is C17H25NO3. The molecule has 0 unspecified atom stereocenters. The molecule has 0 fully saturated rings. The first-order valence-electron chi connectivity index (χ1n) is 7.31. The van der Waals surface area contributed by atoms with Crippen LogP contribution in [0.25, 0.3) is 0 Å². The molecule has 0 aromatic heterocycles. The average Bonchev–Trinajstić information content (AvgIpc) is 2.42. The molecule has 1 aromatic carbocycles. The maximum atomic E-state index is 12.2. The molecule has 0 saturated heterocycles. The Labute approximate surface area is 126 Å². The summed E-state index contributed by atoms with van der Waals surface area (Å²) in [6.07, 6.45) is 0.695. The molecule has 4 heteroatoms. The summed E-state index contributed by atoms with van der Waals surface area (Å²) in [5.41, 5.74) is 1.64. The van der Waals surface area contributed by atoms with Gasteiger partial charge in [-0.1, -0.05) is 53.2 Å². The summed E-state index contributed by atoms with van der Waals surface area (Å²) in [5.74, 6) is -1.45. The fourth-order valence-corrected chi connectivity index (χ4v) is 2.03. The first-order chi connectivity index (χ1) is 9.66. The zero-order chi connectivity index (χ0) is 16.2. The van der Waals surface area contributed by atoms with E-state index in [-0.39, 0.29) is 17.2 Å². The SMILES string of the molecule is CC[C@@H](C)[C@@H](NC(=O)c1ccc(C(C)(C)C)cc1)C(=O)O. The van der Waals surface area contributed by atoms with Crippen LogP contribution in [0.1, 0.15) is 57.0 Å². The highest BCUT2D eigenvalue weighted by Crippen LogP contribution is 2.22. The second-order valence-corrected chi connectivity index (χ2v) is 6.50. The standard InChI is InChI=1S/C17H25NO3/c1-6-11(2)14(16(20)21)18-15(19)12-7-9-13(10-8-12)17(3,4)5/h7-11,14H,6H2,1-5H3,(H,18,19)(H,20,21)/t11-,14-/m1/s1. The van der Waals surface area contributed by atoms with Gasteiger partial charge in [0.05, 0.1) is 0 Å². The van der Waals surface area contributed by atoms with Gasteiger partial charge < -0.3 is 10.4 Å². The molecular weight excluding hydrogens is 266 g/mol. The van der Waals surface area contributed by atoms with Crippen LogP contribution in [-0.2, 0) is 10.2 Å². The lowest BCUT2D eigenvalue weighted by molar-refractivity contribution is -0.140. The Morgan fingerprint density at radius 3 is 2.10 bits per heavy atom. The van der Waals surface area contributed by atoms with Crippen LogP contribution in [0, 0.1) is 5.92 Å². The first kappa shape index (κ1) is 17.2. The van der Waals surface area contributed by atoms with Gasteiger partial charge in [0.1, 0.15) is 6.04 Å². The molecule has 2 atom stereocenters. The largest absolute Gasteiger partial charge is 0.480 e. The summed E-state index contributed by atoms with van der Waals surface area (Å²) in [7, 11) is 0. The normalized spacial score (nSPS) is 14.3. The first-order valence-corrected chi connectivity index (χ1v) is 7.31. The summed E-state index contributed by atoms with van der Waals surface area (Å²) >= 11 is 0. The van der Waals surface area contributed by atoms with Crippen molar-refractivity contribution >= 4 is 11.9 Å². The second-order valence-electron chi connectivity index (χ2n) is 6.50. The molecule has 0 aliphatic heterocycles. The van der Waals surface area contributed by atoms with E-state index in [0.717, 1.165) is 5.56 Å².